The predicted molar refractivity (Wildman–Crippen MR) is 87.8 cm³/mol. The number of aryl methyl sites for hydroxylation is 1. The summed E-state index contributed by atoms with van der Waals surface area (Å²) >= 11 is 0. The van der Waals surface area contributed by atoms with E-state index in [9.17, 15) is 9.59 Å². The van der Waals surface area contributed by atoms with Gasteiger partial charge in [-0.25, -0.2) is 14.5 Å². The predicted octanol–water partition coefficient (Wildman–Crippen LogP) is 0.972. The molecule has 8 nitrogen and oxygen atoms in total. The van der Waals surface area contributed by atoms with Gasteiger partial charge in [0, 0.05) is 44.5 Å². The molecule has 2 aromatic heterocycles. The number of aromatic nitrogens is 5. The lowest BCUT2D eigenvalue weighted by Crippen LogP contribution is -2.40. The van der Waals surface area contributed by atoms with Crippen LogP contribution < -0.4 is 5.69 Å². The fraction of sp³-hybridized carbons (Fsp3) is 0.562. The Morgan fingerprint density at radius 1 is 1.33 bits per heavy atom. The van der Waals surface area contributed by atoms with Crippen LogP contribution in [0.3, 0.4) is 0 Å². The monoisotopic (exact) mass is 330 g/mol. The first-order chi connectivity index (χ1) is 11.5. The summed E-state index contributed by atoms with van der Waals surface area (Å²) in [5.74, 6) is 0.687. The van der Waals surface area contributed by atoms with Crippen LogP contribution in [0.15, 0.2) is 23.4 Å². The Balaban J connectivity index is 1.86. The zero-order chi connectivity index (χ0) is 17.3. The minimum atomic E-state index is -0.123. The molecule has 1 aliphatic heterocycles. The van der Waals surface area contributed by atoms with Crippen LogP contribution in [-0.4, -0.2) is 48.2 Å². The molecule has 2 aromatic rings. The summed E-state index contributed by atoms with van der Waals surface area (Å²) in [6, 6.07) is 0.0345. The molecule has 24 heavy (non-hydrogen) atoms. The van der Waals surface area contributed by atoms with Gasteiger partial charge in [-0.3, -0.25) is 14.3 Å². The van der Waals surface area contributed by atoms with Crippen LogP contribution in [0.5, 0.6) is 0 Å². The second kappa shape index (κ2) is 6.54. The number of piperidine rings is 1. The highest BCUT2D eigenvalue weighted by Crippen LogP contribution is 2.27. The minimum Gasteiger partial charge on any atom is -0.337 e. The molecular formula is C16H22N6O2. The zero-order valence-corrected chi connectivity index (χ0v) is 14.2. The molecule has 0 aromatic carbocycles. The largest absolute Gasteiger partial charge is 0.345 e. The van der Waals surface area contributed by atoms with Crippen LogP contribution >= 0.6 is 0 Å². The Morgan fingerprint density at radius 3 is 2.79 bits per heavy atom. The highest BCUT2D eigenvalue weighted by Gasteiger charge is 2.30. The van der Waals surface area contributed by atoms with Crippen molar-refractivity contribution in [2.75, 3.05) is 13.1 Å². The van der Waals surface area contributed by atoms with Crippen LogP contribution in [0.25, 0.3) is 0 Å². The Morgan fingerprint density at radius 2 is 2.12 bits per heavy atom. The summed E-state index contributed by atoms with van der Waals surface area (Å²) in [5.41, 5.74) is 0.234. The molecule has 8 heteroatoms. The van der Waals surface area contributed by atoms with Crippen molar-refractivity contribution in [1.29, 1.82) is 0 Å². The van der Waals surface area contributed by atoms with Gasteiger partial charge in [0.1, 0.15) is 11.5 Å². The zero-order valence-electron chi connectivity index (χ0n) is 14.2. The first-order valence-electron chi connectivity index (χ1n) is 8.19. The molecule has 1 saturated heterocycles. The van der Waals surface area contributed by atoms with Crippen LogP contribution in [0, 0.1) is 0 Å². The van der Waals surface area contributed by atoms with Gasteiger partial charge in [0.2, 0.25) is 0 Å². The number of carbonyl (C=O) groups is 1. The Labute approximate surface area is 140 Å². The van der Waals surface area contributed by atoms with Crippen molar-refractivity contribution >= 4 is 5.91 Å². The standard InChI is InChI=1S/C16H22N6O2/c1-11(2)22-14(19-20(3)16(22)24)12-5-4-8-21(10-12)15(23)13-9-17-6-7-18-13/h6-7,9,11-12H,4-5,8,10H2,1-3H3. The normalized spacial score (nSPS) is 18.2. The van der Waals surface area contributed by atoms with Gasteiger partial charge in [0.15, 0.2) is 0 Å². The van der Waals surface area contributed by atoms with E-state index in [1.165, 1.54) is 17.1 Å². The molecule has 128 valence electrons. The minimum absolute atomic E-state index is 0.0345. The van der Waals surface area contributed by atoms with E-state index >= 15 is 0 Å². The fourth-order valence-corrected chi connectivity index (χ4v) is 3.21. The molecule has 1 atom stereocenters. The van der Waals surface area contributed by atoms with E-state index in [-0.39, 0.29) is 23.6 Å². The van der Waals surface area contributed by atoms with Crippen molar-refractivity contribution in [3.05, 3.63) is 40.6 Å². The Hall–Kier alpha value is -2.51. The van der Waals surface area contributed by atoms with Crippen molar-refractivity contribution in [3.8, 4) is 0 Å². The lowest BCUT2D eigenvalue weighted by atomic mass is 9.96. The van der Waals surface area contributed by atoms with Crippen molar-refractivity contribution in [3.63, 3.8) is 0 Å². The van der Waals surface area contributed by atoms with Crippen molar-refractivity contribution in [2.24, 2.45) is 7.05 Å². The van der Waals surface area contributed by atoms with Crippen LogP contribution in [0.2, 0.25) is 0 Å². The van der Waals surface area contributed by atoms with E-state index in [1.54, 1.807) is 22.7 Å². The topological polar surface area (TPSA) is 85.9 Å². The van der Waals surface area contributed by atoms with Gasteiger partial charge >= 0.3 is 5.69 Å². The lowest BCUT2D eigenvalue weighted by molar-refractivity contribution is 0.0696. The Kier molecular flexibility index (Phi) is 4.46. The van der Waals surface area contributed by atoms with E-state index in [1.807, 2.05) is 13.8 Å². The average molecular weight is 330 g/mol. The van der Waals surface area contributed by atoms with Crippen molar-refractivity contribution in [2.45, 2.75) is 38.6 Å². The summed E-state index contributed by atoms with van der Waals surface area (Å²) < 4.78 is 3.10. The van der Waals surface area contributed by atoms with Gasteiger partial charge in [-0.05, 0) is 26.7 Å². The van der Waals surface area contributed by atoms with E-state index in [4.69, 9.17) is 0 Å². The summed E-state index contributed by atoms with van der Waals surface area (Å²) in [7, 11) is 1.66. The maximum absolute atomic E-state index is 12.6. The Bertz CT molecular complexity index is 780. The fourth-order valence-electron chi connectivity index (χ4n) is 3.21. The molecule has 0 saturated carbocycles. The number of amides is 1. The molecular weight excluding hydrogens is 308 g/mol. The highest BCUT2D eigenvalue weighted by molar-refractivity contribution is 5.92. The van der Waals surface area contributed by atoms with Crippen LogP contribution in [-0.2, 0) is 7.05 Å². The first-order valence-corrected chi connectivity index (χ1v) is 8.19. The molecule has 1 aliphatic rings. The summed E-state index contributed by atoms with van der Waals surface area (Å²) in [5, 5.41) is 4.42. The number of nitrogens with zero attached hydrogens (tertiary/aromatic N) is 6. The molecule has 1 fully saturated rings. The van der Waals surface area contributed by atoms with Crippen LogP contribution in [0.4, 0.5) is 0 Å². The number of carbonyl (C=O) groups excluding carboxylic acids is 1. The summed E-state index contributed by atoms with van der Waals surface area (Å²) in [6.45, 7) is 5.17. The van der Waals surface area contributed by atoms with Gasteiger partial charge in [-0.1, -0.05) is 0 Å². The third-order valence-electron chi connectivity index (χ3n) is 4.35. The quantitative estimate of drug-likeness (QED) is 0.837. The van der Waals surface area contributed by atoms with E-state index in [2.05, 4.69) is 15.1 Å². The number of likely N-dealkylation sites (tertiary alicyclic amines) is 1. The third-order valence-corrected chi connectivity index (χ3v) is 4.35. The maximum Gasteiger partial charge on any atom is 0.345 e. The molecule has 0 radical (unpaired) electrons. The molecule has 0 N–H and O–H groups in total. The van der Waals surface area contributed by atoms with Gasteiger partial charge in [-0.15, -0.1) is 0 Å². The lowest BCUT2D eigenvalue weighted by Gasteiger charge is -2.32. The van der Waals surface area contributed by atoms with Gasteiger partial charge in [-0.2, -0.15) is 5.10 Å². The molecule has 3 rings (SSSR count). The maximum atomic E-state index is 12.6. The number of rotatable bonds is 3. The molecule has 0 bridgehead atoms. The van der Waals surface area contributed by atoms with Crippen molar-refractivity contribution in [1.82, 2.24) is 29.2 Å². The second-order valence-electron chi connectivity index (χ2n) is 6.41. The van der Waals surface area contributed by atoms with Gasteiger partial charge in [0.25, 0.3) is 5.91 Å². The second-order valence-corrected chi connectivity index (χ2v) is 6.41. The SMILES string of the molecule is CC(C)n1c(C2CCCN(C(=O)c3cnccn3)C2)nn(C)c1=O. The molecule has 0 aliphatic carbocycles. The smallest absolute Gasteiger partial charge is 0.337 e. The number of hydrogen-bond donors (Lipinski definition) is 0. The third kappa shape index (κ3) is 2.95. The summed E-state index contributed by atoms with van der Waals surface area (Å²) in [6.07, 6.45) is 6.33. The van der Waals surface area contributed by atoms with Gasteiger partial charge in [0.05, 0.1) is 6.20 Å². The molecule has 1 unspecified atom stereocenters. The van der Waals surface area contributed by atoms with Crippen LogP contribution in [0.1, 0.15) is 55.0 Å². The van der Waals surface area contributed by atoms with Crippen molar-refractivity contribution < 1.29 is 4.79 Å². The average Bonchev–Trinajstić information content (AvgIpc) is 2.90. The van der Waals surface area contributed by atoms with E-state index in [0.717, 1.165) is 18.7 Å². The highest BCUT2D eigenvalue weighted by atomic mass is 16.2. The van der Waals surface area contributed by atoms with Gasteiger partial charge < -0.3 is 4.90 Å². The first kappa shape index (κ1) is 16.4. The molecule has 1 amide bonds. The van der Waals surface area contributed by atoms with E-state index < -0.39 is 0 Å². The molecule has 0 spiro atoms. The molecule has 3 heterocycles. The summed E-state index contributed by atoms with van der Waals surface area (Å²) in [4.78, 5) is 34.7. The van der Waals surface area contributed by atoms with E-state index in [0.29, 0.717) is 18.8 Å². The number of hydrogen-bond acceptors (Lipinski definition) is 5.